The lowest BCUT2D eigenvalue weighted by atomic mass is 10.3. The monoisotopic (exact) mass is 236 g/mol. The van der Waals surface area contributed by atoms with Crippen LogP contribution in [0.5, 0.6) is 0 Å². The number of hydrogen-bond donors (Lipinski definition) is 1. The number of sulfonamides is 1. The van der Waals surface area contributed by atoms with Crippen molar-refractivity contribution in [3.8, 4) is 0 Å². The second kappa shape index (κ2) is 3.95. The van der Waals surface area contributed by atoms with E-state index in [9.17, 15) is 26.0 Å². The topological polar surface area (TPSA) is 86.3 Å². The maximum absolute atomic E-state index is 12.4. The van der Waals surface area contributed by atoms with Crippen molar-refractivity contribution in [2.45, 2.75) is 25.0 Å². The molecule has 0 saturated carbocycles. The largest absolute Gasteiger partial charge is 0.759 e. The fourth-order valence-corrected chi connectivity index (χ4v) is 2.32. The summed E-state index contributed by atoms with van der Waals surface area (Å²) in [7, 11) is -4.53. The predicted molar refractivity (Wildman–Crippen MR) is 41.1 cm³/mol. The Hall–Kier alpha value is -0.120. The molecule has 0 radical (unpaired) electrons. The van der Waals surface area contributed by atoms with Crippen molar-refractivity contribution in [1.29, 1.82) is 0 Å². The highest BCUT2D eigenvalue weighted by molar-refractivity contribution is 8.00. The van der Waals surface area contributed by atoms with E-state index >= 15 is 0 Å². The van der Waals surface area contributed by atoms with Gasteiger partial charge in [0.1, 0.15) is 5.25 Å². The van der Waals surface area contributed by atoms with Crippen LogP contribution < -0.4 is 4.13 Å². The molecule has 0 rings (SSSR count). The summed E-state index contributed by atoms with van der Waals surface area (Å²) in [6.07, 6.45) is 0. The summed E-state index contributed by atoms with van der Waals surface area (Å²) >= 11 is -3.11. The van der Waals surface area contributed by atoms with Gasteiger partial charge in [-0.3, -0.25) is 4.21 Å². The zero-order valence-electron chi connectivity index (χ0n) is 6.78. The third kappa shape index (κ3) is 4.07. The minimum Gasteiger partial charge on any atom is -0.759 e. The van der Waals surface area contributed by atoms with Crippen molar-refractivity contribution in [3.05, 3.63) is 0 Å². The molecule has 0 aromatic carbocycles. The Bertz CT molecular complexity index is 296. The quantitative estimate of drug-likeness (QED) is 0.681. The number of rotatable bonds is 4. The van der Waals surface area contributed by atoms with Crippen molar-refractivity contribution in [3.63, 3.8) is 0 Å². The molecule has 9 heteroatoms. The van der Waals surface area contributed by atoms with Gasteiger partial charge in [0.25, 0.3) is 5.92 Å². The lowest BCUT2D eigenvalue weighted by Crippen LogP contribution is -2.42. The van der Waals surface area contributed by atoms with Gasteiger partial charge in [0.15, 0.2) is 0 Å². The molecule has 80 valence electrons. The van der Waals surface area contributed by atoms with Gasteiger partial charge in [-0.05, 0) is 6.92 Å². The lowest BCUT2D eigenvalue weighted by molar-refractivity contribution is 0.0216. The van der Waals surface area contributed by atoms with E-state index in [1.54, 1.807) is 0 Å². The maximum atomic E-state index is 12.4. The molecule has 0 spiro atoms. The molecule has 0 aliphatic carbocycles. The van der Waals surface area contributed by atoms with E-state index in [-0.39, 0.29) is 0 Å². The first-order chi connectivity index (χ1) is 5.57. The summed E-state index contributed by atoms with van der Waals surface area (Å²) in [6, 6.07) is 0. The molecular weight excluding hydrogens is 228 g/mol. The molecule has 0 aromatic heterocycles. The fourth-order valence-electron chi connectivity index (χ4n) is 0.439. The fraction of sp³-hybridized carbons (Fsp3) is 1.00. The Balaban J connectivity index is 4.77. The van der Waals surface area contributed by atoms with Gasteiger partial charge < -0.3 is 4.55 Å². The SMILES string of the molecule is CC(C(C)(F)F)S(=O)(=O)NS(=O)[O-]. The number of hydrogen-bond acceptors (Lipinski definition) is 4. The van der Waals surface area contributed by atoms with E-state index in [0.29, 0.717) is 6.92 Å². The van der Waals surface area contributed by atoms with E-state index in [4.69, 9.17) is 0 Å². The molecule has 2 unspecified atom stereocenters. The van der Waals surface area contributed by atoms with Crippen LogP contribution in [0.25, 0.3) is 0 Å². The van der Waals surface area contributed by atoms with Crippen LogP contribution in [0.15, 0.2) is 0 Å². The minimum absolute atomic E-state index is 0.393. The summed E-state index contributed by atoms with van der Waals surface area (Å²) in [6.45, 7) is 1.11. The van der Waals surface area contributed by atoms with Crippen LogP contribution in [0, 0.1) is 0 Å². The molecule has 2 atom stereocenters. The highest BCUT2D eigenvalue weighted by Gasteiger charge is 2.40. The van der Waals surface area contributed by atoms with Gasteiger partial charge in [-0.25, -0.2) is 17.2 Å². The maximum Gasteiger partial charge on any atom is 0.263 e. The lowest BCUT2D eigenvalue weighted by Gasteiger charge is -2.20. The van der Waals surface area contributed by atoms with Crippen LogP contribution in [0.3, 0.4) is 0 Å². The third-order valence-corrected chi connectivity index (χ3v) is 4.18. The molecule has 0 fully saturated rings. The smallest absolute Gasteiger partial charge is 0.263 e. The van der Waals surface area contributed by atoms with Crippen molar-refractivity contribution < 1.29 is 26.0 Å². The van der Waals surface area contributed by atoms with Gasteiger partial charge in [0, 0.05) is 18.2 Å². The van der Waals surface area contributed by atoms with Crippen molar-refractivity contribution in [2.75, 3.05) is 0 Å². The Labute approximate surface area is 77.0 Å². The number of halogens is 2. The molecule has 0 heterocycles. The average Bonchev–Trinajstić information content (AvgIpc) is 1.80. The van der Waals surface area contributed by atoms with Crippen molar-refractivity contribution >= 4 is 21.3 Å². The third-order valence-electron chi connectivity index (χ3n) is 1.36. The van der Waals surface area contributed by atoms with Crippen LogP contribution in [0.1, 0.15) is 13.8 Å². The normalized spacial score (nSPS) is 18.2. The summed E-state index contributed by atoms with van der Waals surface area (Å²) in [5.74, 6) is -3.49. The molecule has 0 aromatic rings. The summed E-state index contributed by atoms with van der Waals surface area (Å²) in [5.41, 5.74) is 0. The van der Waals surface area contributed by atoms with E-state index in [1.165, 1.54) is 0 Å². The van der Waals surface area contributed by atoms with E-state index in [1.807, 2.05) is 0 Å². The highest BCUT2D eigenvalue weighted by Crippen LogP contribution is 2.22. The Morgan fingerprint density at radius 2 is 1.92 bits per heavy atom. The van der Waals surface area contributed by atoms with Gasteiger partial charge in [-0.2, -0.15) is 0 Å². The van der Waals surface area contributed by atoms with Crippen LogP contribution in [0.4, 0.5) is 8.78 Å². The molecule has 0 aliphatic heterocycles. The number of nitrogens with one attached hydrogen (secondary N) is 1. The molecule has 0 saturated heterocycles. The van der Waals surface area contributed by atoms with Gasteiger partial charge >= 0.3 is 0 Å². The summed E-state index contributed by atoms with van der Waals surface area (Å²) in [5, 5.41) is -2.10. The van der Waals surface area contributed by atoms with Crippen LogP contribution in [-0.2, 0) is 21.3 Å². The molecule has 13 heavy (non-hydrogen) atoms. The van der Waals surface area contributed by atoms with Crippen LogP contribution >= 0.6 is 0 Å². The molecular formula is C4H8F2NO4S2-. The Morgan fingerprint density at radius 1 is 1.54 bits per heavy atom. The van der Waals surface area contributed by atoms with Crippen LogP contribution in [0.2, 0.25) is 0 Å². The Kier molecular flexibility index (Phi) is 3.91. The van der Waals surface area contributed by atoms with Gasteiger partial charge in [0.05, 0.1) is 0 Å². The predicted octanol–water partition coefficient (Wildman–Crippen LogP) is -0.256. The van der Waals surface area contributed by atoms with Gasteiger partial charge in [-0.15, -0.1) is 4.13 Å². The zero-order chi connectivity index (χ0) is 10.9. The highest BCUT2D eigenvalue weighted by atomic mass is 32.3. The van der Waals surface area contributed by atoms with E-state index < -0.39 is 32.5 Å². The van der Waals surface area contributed by atoms with Crippen molar-refractivity contribution in [2.24, 2.45) is 0 Å². The van der Waals surface area contributed by atoms with Crippen LogP contribution in [-0.4, -0.2) is 28.4 Å². The van der Waals surface area contributed by atoms with Gasteiger partial charge in [-0.1, -0.05) is 0 Å². The Morgan fingerprint density at radius 3 is 2.15 bits per heavy atom. The standard InChI is InChI=1S/C4H9F2NO4S2/c1-3(4(2,5)6)13(10,11)7-12(8)9/h3,7H,1-2H3,(H,8,9)/p-1. The minimum atomic E-state index is -4.53. The molecule has 5 nitrogen and oxygen atoms in total. The molecule has 0 bridgehead atoms. The molecule has 1 N–H and O–H groups in total. The summed E-state index contributed by atoms with van der Waals surface area (Å²) < 4.78 is 67.3. The first kappa shape index (κ1) is 12.9. The van der Waals surface area contributed by atoms with Gasteiger partial charge in [0.2, 0.25) is 10.0 Å². The summed E-state index contributed by atoms with van der Waals surface area (Å²) in [4.78, 5) is 0. The first-order valence-electron chi connectivity index (χ1n) is 3.05. The number of alkyl halides is 2. The zero-order valence-corrected chi connectivity index (χ0v) is 8.42. The average molecular weight is 236 g/mol. The second-order valence-corrected chi connectivity index (χ2v) is 5.39. The second-order valence-electron chi connectivity index (χ2n) is 2.46. The molecule has 0 amide bonds. The van der Waals surface area contributed by atoms with Crippen molar-refractivity contribution in [1.82, 2.24) is 4.13 Å². The van der Waals surface area contributed by atoms with E-state index in [0.717, 1.165) is 11.1 Å². The van der Waals surface area contributed by atoms with E-state index in [2.05, 4.69) is 0 Å². The first-order valence-corrected chi connectivity index (χ1v) is 5.68. The molecule has 0 aliphatic rings.